The molecule has 2 heterocycles. The highest BCUT2D eigenvalue weighted by Gasteiger charge is 2.51. The van der Waals surface area contributed by atoms with Gasteiger partial charge in [0.2, 0.25) is 11.8 Å². The monoisotopic (exact) mass is 514 g/mol. The Kier molecular flexibility index (Phi) is 8.31. The first-order valence-corrected chi connectivity index (χ1v) is 12.5. The molecule has 0 saturated carbocycles. The molecule has 2 aliphatic heterocycles. The van der Waals surface area contributed by atoms with Gasteiger partial charge in [-0.05, 0) is 44.9 Å². The van der Waals surface area contributed by atoms with Gasteiger partial charge in [0, 0.05) is 42.5 Å². The number of carbonyl (C=O) groups is 3. The van der Waals surface area contributed by atoms with E-state index in [1.165, 1.54) is 24.2 Å². The zero-order valence-electron chi connectivity index (χ0n) is 21.3. The van der Waals surface area contributed by atoms with E-state index in [-0.39, 0.29) is 37.3 Å². The molecule has 3 aliphatic rings. The van der Waals surface area contributed by atoms with Gasteiger partial charge in [0.25, 0.3) is 0 Å². The number of amides is 2. The normalized spacial score (nSPS) is 25.8. The van der Waals surface area contributed by atoms with Crippen LogP contribution in [-0.2, 0) is 14.3 Å². The molecule has 0 unspecified atom stereocenters. The van der Waals surface area contributed by atoms with Crippen LogP contribution in [0.2, 0.25) is 0 Å². The van der Waals surface area contributed by atoms with Crippen molar-refractivity contribution in [3.63, 3.8) is 0 Å². The molecule has 0 spiro atoms. The molecular weight excluding hydrogens is 480 g/mol. The van der Waals surface area contributed by atoms with Crippen LogP contribution in [0.5, 0.6) is 11.5 Å². The number of allylic oxidation sites excluding steroid dienone is 1. The van der Waals surface area contributed by atoms with Crippen molar-refractivity contribution in [3.05, 3.63) is 46.6 Å². The quantitative estimate of drug-likeness (QED) is 0.330. The summed E-state index contributed by atoms with van der Waals surface area (Å²) in [7, 11) is 1.45. The molecular formula is C27H34N2O8. The maximum absolute atomic E-state index is 13.3. The number of fused-ring (bicyclic) bond motifs is 3. The Bertz CT molecular complexity index is 1100. The number of hydrogen-bond donors (Lipinski definition) is 3. The lowest BCUT2D eigenvalue weighted by Gasteiger charge is -2.41. The number of aliphatic hydroxyl groups is 2. The van der Waals surface area contributed by atoms with Crippen molar-refractivity contribution in [2.24, 2.45) is 0 Å². The number of methoxy groups -OCH3 is 1. The van der Waals surface area contributed by atoms with Gasteiger partial charge in [-0.1, -0.05) is 5.57 Å². The summed E-state index contributed by atoms with van der Waals surface area (Å²) in [5, 5.41) is 23.5. The number of carbonyl (C=O) groups excluding carboxylic acids is 3. The zero-order chi connectivity index (χ0) is 26.7. The molecule has 10 heteroatoms. The number of benzene rings is 1. The summed E-state index contributed by atoms with van der Waals surface area (Å²) >= 11 is 0. The van der Waals surface area contributed by atoms with Crippen LogP contribution in [-0.4, -0.2) is 91.0 Å². The van der Waals surface area contributed by atoms with Crippen molar-refractivity contribution in [3.8, 4) is 11.5 Å². The van der Waals surface area contributed by atoms with E-state index in [9.17, 15) is 24.6 Å². The van der Waals surface area contributed by atoms with Crippen molar-refractivity contribution < 1.29 is 38.8 Å². The summed E-state index contributed by atoms with van der Waals surface area (Å²) in [4.78, 5) is 39.8. The first kappa shape index (κ1) is 26.8. The van der Waals surface area contributed by atoms with Crippen LogP contribution in [0, 0.1) is 0 Å². The second kappa shape index (κ2) is 11.5. The average Bonchev–Trinajstić information content (AvgIpc) is 3.53. The number of ether oxygens (including phenoxy) is 3. The van der Waals surface area contributed by atoms with E-state index in [4.69, 9.17) is 14.2 Å². The molecule has 200 valence electrons. The third-order valence-electron chi connectivity index (χ3n) is 6.89. The lowest BCUT2D eigenvalue weighted by atomic mass is 9.77. The van der Waals surface area contributed by atoms with Crippen LogP contribution >= 0.6 is 0 Å². The second-order valence-corrected chi connectivity index (χ2v) is 9.75. The minimum absolute atomic E-state index is 0.0303. The molecule has 1 saturated heterocycles. The van der Waals surface area contributed by atoms with Crippen LogP contribution in [0.15, 0.2) is 35.4 Å². The second-order valence-electron chi connectivity index (χ2n) is 9.75. The predicted molar refractivity (Wildman–Crippen MR) is 134 cm³/mol. The first-order valence-electron chi connectivity index (χ1n) is 12.5. The minimum Gasteiger partial charge on any atom is -0.493 e. The van der Waals surface area contributed by atoms with Crippen LogP contribution < -0.4 is 14.8 Å². The summed E-state index contributed by atoms with van der Waals surface area (Å²) in [5.74, 6) is -0.827. The largest absolute Gasteiger partial charge is 0.493 e. The van der Waals surface area contributed by atoms with Crippen molar-refractivity contribution in [2.45, 2.75) is 57.0 Å². The van der Waals surface area contributed by atoms with E-state index in [2.05, 4.69) is 5.32 Å². The standard InChI is InChI=1S/C27H34N2O8/c1-15(2)9-22(32)29(13-17-5-4-8-36-17)20-12-19(27(34)28-6-7-30)23-18-10-16(14-31)11-21(35-3)25(18)37-26(23)24(20)33/h9-12,14,17,20,23-24,26,30,33H,4-8,13H2,1-3H3,(H,28,34)/t17-,20+,23-,24-,26-/m0/s1. The van der Waals surface area contributed by atoms with Gasteiger partial charge in [-0.25, -0.2) is 0 Å². The average molecular weight is 515 g/mol. The van der Waals surface area contributed by atoms with Crippen molar-refractivity contribution in [1.29, 1.82) is 0 Å². The Labute approximate surface area is 215 Å². The number of nitrogens with one attached hydrogen (secondary N) is 1. The van der Waals surface area contributed by atoms with Gasteiger partial charge >= 0.3 is 0 Å². The Morgan fingerprint density at radius 2 is 2.08 bits per heavy atom. The van der Waals surface area contributed by atoms with E-state index in [0.29, 0.717) is 35.5 Å². The van der Waals surface area contributed by atoms with Crippen LogP contribution in [0.4, 0.5) is 0 Å². The third kappa shape index (κ3) is 5.41. The summed E-state index contributed by atoms with van der Waals surface area (Å²) in [5.41, 5.74) is 1.95. The Morgan fingerprint density at radius 3 is 2.70 bits per heavy atom. The van der Waals surface area contributed by atoms with E-state index in [1.807, 2.05) is 13.8 Å². The summed E-state index contributed by atoms with van der Waals surface area (Å²) in [6, 6.07) is 2.27. The maximum Gasteiger partial charge on any atom is 0.247 e. The van der Waals surface area contributed by atoms with Gasteiger partial charge in [0.1, 0.15) is 18.5 Å². The molecule has 1 fully saturated rings. The number of hydrogen-bond acceptors (Lipinski definition) is 8. The molecule has 1 aliphatic carbocycles. The number of rotatable bonds is 9. The number of aldehydes is 1. The van der Waals surface area contributed by atoms with Crippen molar-refractivity contribution in [1.82, 2.24) is 10.2 Å². The Morgan fingerprint density at radius 1 is 1.30 bits per heavy atom. The number of nitrogens with zero attached hydrogens (tertiary/aromatic N) is 1. The summed E-state index contributed by atoms with van der Waals surface area (Å²) in [6.07, 6.45) is 3.16. The molecule has 0 bridgehead atoms. The molecule has 10 nitrogen and oxygen atoms in total. The fourth-order valence-corrected chi connectivity index (χ4v) is 5.25. The third-order valence-corrected chi connectivity index (χ3v) is 6.89. The van der Waals surface area contributed by atoms with Crippen LogP contribution in [0.25, 0.3) is 0 Å². The van der Waals surface area contributed by atoms with Gasteiger partial charge in [0.05, 0.1) is 31.8 Å². The molecule has 4 rings (SSSR count). The molecule has 0 radical (unpaired) electrons. The molecule has 1 aromatic rings. The SMILES string of the molecule is COc1cc(C=O)cc2c1O[C@@H]1[C@@H](O)[C@H](N(C[C@@H]3CCCO3)C(=O)C=C(C)C)C=C(C(=O)NCCO)[C@H]21. The van der Waals surface area contributed by atoms with Gasteiger partial charge in [-0.15, -0.1) is 0 Å². The Hall–Kier alpha value is -3.21. The molecule has 37 heavy (non-hydrogen) atoms. The van der Waals surface area contributed by atoms with Crippen LogP contribution in [0.3, 0.4) is 0 Å². The highest BCUT2D eigenvalue weighted by molar-refractivity contribution is 5.97. The van der Waals surface area contributed by atoms with Gasteiger partial charge in [-0.3, -0.25) is 14.4 Å². The lowest BCUT2D eigenvalue weighted by molar-refractivity contribution is -0.134. The van der Waals surface area contributed by atoms with E-state index in [1.54, 1.807) is 12.1 Å². The minimum atomic E-state index is -1.19. The van der Waals surface area contributed by atoms with E-state index < -0.39 is 30.1 Å². The highest BCUT2D eigenvalue weighted by atomic mass is 16.5. The molecule has 2 amide bonds. The maximum atomic E-state index is 13.3. The smallest absolute Gasteiger partial charge is 0.247 e. The molecule has 0 aromatic heterocycles. The zero-order valence-corrected chi connectivity index (χ0v) is 21.3. The van der Waals surface area contributed by atoms with E-state index in [0.717, 1.165) is 18.4 Å². The topological polar surface area (TPSA) is 135 Å². The molecule has 5 atom stereocenters. The fourth-order valence-electron chi connectivity index (χ4n) is 5.25. The highest BCUT2D eigenvalue weighted by Crippen LogP contribution is 2.51. The van der Waals surface area contributed by atoms with Crippen molar-refractivity contribution >= 4 is 18.1 Å². The fraction of sp³-hybridized carbons (Fsp3) is 0.519. The molecule has 3 N–H and O–H groups in total. The van der Waals surface area contributed by atoms with E-state index >= 15 is 0 Å². The van der Waals surface area contributed by atoms with Crippen molar-refractivity contribution in [2.75, 3.05) is 33.4 Å². The van der Waals surface area contributed by atoms with Gasteiger partial charge < -0.3 is 34.6 Å². The summed E-state index contributed by atoms with van der Waals surface area (Å²) in [6.45, 7) is 4.26. The van der Waals surface area contributed by atoms with Gasteiger partial charge in [0.15, 0.2) is 11.5 Å². The number of aliphatic hydroxyl groups excluding tert-OH is 2. The first-order chi connectivity index (χ1) is 17.8. The molecule has 1 aromatic carbocycles. The lowest BCUT2D eigenvalue weighted by Crippen LogP contribution is -2.56. The predicted octanol–water partition coefficient (Wildman–Crippen LogP) is 1.10. The Balaban J connectivity index is 1.81. The summed E-state index contributed by atoms with van der Waals surface area (Å²) < 4.78 is 17.4. The van der Waals surface area contributed by atoms with Gasteiger partial charge in [-0.2, -0.15) is 0 Å². The van der Waals surface area contributed by atoms with Crippen LogP contribution in [0.1, 0.15) is 48.5 Å².